The van der Waals surface area contributed by atoms with Crippen LogP contribution >= 0.6 is 7.14 Å². The lowest BCUT2D eigenvalue weighted by molar-refractivity contribution is 0.284. The van der Waals surface area contributed by atoms with Gasteiger partial charge >= 0.3 is 0 Å². The highest BCUT2D eigenvalue weighted by Crippen LogP contribution is 2.47. The van der Waals surface area contributed by atoms with Gasteiger partial charge in [0.2, 0.25) is 0 Å². The molecule has 2 aromatic carbocycles. The molecule has 1 aromatic heterocycles. The summed E-state index contributed by atoms with van der Waals surface area (Å²) in [5, 5.41) is 8.51. The predicted octanol–water partition coefficient (Wildman–Crippen LogP) is 3.37. The molecule has 1 N–H and O–H groups in total. The maximum absolute atomic E-state index is 14.7. The van der Waals surface area contributed by atoms with Gasteiger partial charge in [-0.2, -0.15) is 5.10 Å². The van der Waals surface area contributed by atoms with Crippen molar-refractivity contribution >= 4 is 23.2 Å². The number of fused-ring (bicyclic) bond motifs is 1. The first-order valence-electron chi connectivity index (χ1n) is 10.6. The van der Waals surface area contributed by atoms with E-state index in [4.69, 9.17) is 0 Å². The first-order valence-corrected chi connectivity index (χ1v) is 12.7. The monoisotopic (exact) mass is 425 g/mol. The minimum atomic E-state index is -2.75. The largest absolute Gasteiger partial charge is 0.318 e. The molecule has 5 nitrogen and oxygen atoms in total. The van der Waals surface area contributed by atoms with Gasteiger partial charge in [0.25, 0.3) is 5.56 Å². The van der Waals surface area contributed by atoms with Crippen LogP contribution in [0.3, 0.4) is 0 Å². The molecule has 0 radical (unpaired) electrons. The van der Waals surface area contributed by atoms with Gasteiger partial charge in [0.1, 0.15) is 13.0 Å². The average molecular weight is 425 g/mol. The Hall–Kier alpha value is -2.30. The highest BCUT2D eigenvalue weighted by molar-refractivity contribution is 7.71. The molecule has 0 atom stereocenters. The second-order valence-electron chi connectivity index (χ2n) is 8.59. The fourth-order valence-electron chi connectivity index (χ4n) is 4.40. The first kappa shape index (κ1) is 19.7. The topological polar surface area (TPSA) is 66.1 Å². The van der Waals surface area contributed by atoms with E-state index >= 15 is 0 Å². The van der Waals surface area contributed by atoms with Gasteiger partial charge in [-0.05, 0) is 42.5 Å². The number of nitrogens with one attached hydrogen (secondary N) is 1. The zero-order valence-corrected chi connectivity index (χ0v) is 17.7. The van der Waals surface area contributed by atoms with Crippen molar-refractivity contribution in [2.45, 2.75) is 19.3 Å². The van der Waals surface area contributed by atoms with Crippen LogP contribution in [0.15, 0.2) is 47.3 Å². The van der Waals surface area contributed by atoms with Crippen LogP contribution in [0.25, 0.3) is 10.8 Å². The highest BCUT2D eigenvalue weighted by atomic mass is 31.2. The van der Waals surface area contributed by atoms with Crippen LogP contribution in [0.1, 0.15) is 24.1 Å². The van der Waals surface area contributed by atoms with E-state index in [1.807, 2.05) is 18.2 Å². The van der Waals surface area contributed by atoms with E-state index in [2.05, 4.69) is 15.1 Å². The number of halogens is 1. The third-order valence-corrected chi connectivity index (χ3v) is 9.43. The quantitative estimate of drug-likeness (QED) is 0.637. The molecule has 7 heteroatoms. The Labute approximate surface area is 174 Å². The summed E-state index contributed by atoms with van der Waals surface area (Å²) in [6.45, 7) is 2.65. The molecule has 1 aliphatic carbocycles. The summed E-state index contributed by atoms with van der Waals surface area (Å²) in [7, 11) is -2.75. The Morgan fingerprint density at radius 2 is 1.83 bits per heavy atom. The smallest absolute Gasteiger partial charge is 0.272 e. The lowest BCUT2D eigenvalue weighted by Gasteiger charge is -2.32. The summed E-state index contributed by atoms with van der Waals surface area (Å²) in [6.07, 6.45) is 4.13. The van der Waals surface area contributed by atoms with Gasteiger partial charge in [0.15, 0.2) is 0 Å². The average Bonchev–Trinajstić information content (AvgIpc) is 3.57. The molecule has 5 rings (SSSR count). The lowest BCUT2D eigenvalue weighted by Crippen LogP contribution is -2.38. The van der Waals surface area contributed by atoms with Crippen molar-refractivity contribution < 1.29 is 8.96 Å². The van der Waals surface area contributed by atoms with Crippen LogP contribution in [-0.2, 0) is 11.0 Å². The molecule has 2 heterocycles. The molecular formula is C23H25FN3O2P. The zero-order chi connectivity index (χ0) is 20.7. The molecule has 0 bridgehead atoms. The summed E-state index contributed by atoms with van der Waals surface area (Å²) >= 11 is 0. The van der Waals surface area contributed by atoms with E-state index in [0.717, 1.165) is 42.2 Å². The zero-order valence-electron chi connectivity index (χ0n) is 16.8. The number of H-pyrrole nitrogens is 1. The number of hydrogen-bond donors (Lipinski definition) is 1. The number of nitrogens with zero attached hydrogens (tertiary/aromatic N) is 2. The molecule has 0 unspecified atom stereocenters. The Morgan fingerprint density at radius 3 is 2.57 bits per heavy atom. The summed E-state index contributed by atoms with van der Waals surface area (Å²) in [5.41, 5.74) is 1.35. The van der Waals surface area contributed by atoms with Crippen LogP contribution in [0.2, 0.25) is 0 Å². The second kappa shape index (κ2) is 7.75. The van der Waals surface area contributed by atoms with Gasteiger partial charge in [-0.25, -0.2) is 9.49 Å². The molecule has 2 fully saturated rings. The van der Waals surface area contributed by atoms with Crippen LogP contribution in [0, 0.1) is 11.7 Å². The Kier molecular flexibility index (Phi) is 5.08. The summed E-state index contributed by atoms with van der Waals surface area (Å²) < 4.78 is 28.3. The standard InChI is InChI=1S/C23H25FN3O2P/c24-20-8-7-17(13-21-18-3-1-2-4-19(18)23(28)26-25-21)14-22(20)30(29)11-9-27(10-12-30)15-16-5-6-16/h1-4,7-8,14,16H,5-6,9-13,15H2,(H,26,28). The van der Waals surface area contributed by atoms with Gasteiger partial charge in [0, 0.05) is 49.1 Å². The highest BCUT2D eigenvalue weighted by Gasteiger charge is 2.34. The van der Waals surface area contributed by atoms with Crippen molar-refractivity contribution in [2.75, 3.05) is 32.0 Å². The van der Waals surface area contributed by atoms with Gasteiger partial charge in [0.05, 0.1) is 11.1 Å². The number of rotatable bonds is 5. The summed E-state index contributed by atoms with van der Waals surface area (Å²) in [6, 6.07) is 12.2. The molecule has 156 valence electrons. The number of aromatic amines is 1. The van der Waals surface area contributed by atoms with Crippen LogP contribution in [0.4, 0.5) is 4.39 Å². The number of hydrogen-bond acceptors (Lipinski definition) is 4. The van der Waals surface area contributed by atoms with Crippen molar-refractivity contribution in [3.63, 3.8) is 0 Å². The van der Waals surface area contributed by atoms with Crippen molar-refractivity contribution in [2.24, 2.45) is 5.92 Å². The van der Waals surface area contributed by atoms with Gasteiger partial charge in [-0.15, -0.1) is 0 Å². The van der Waals surface area contributed by atoms with E-state index in [9.17, 15) is 13.8 Å². The lowest BCUT2D eigenvalue weighted by atomic mass is 10.0. The minimum Gasteiger partial charge on any atom is -0.318 e. The van der Waals surface area contributed by atoms with Gasteiger partial charge < -0.3 is 9.46 Å². The fraction of sp³-hybridized carbons (Fsp3) is 0.391. The van der Waals surface area contributed by atoms with Crippen LogP contribution < -0.4 is 10.9 Å². The van der Waals surface area contributed by atoms with E-state index in [0.29, 0.717) is 29.4 Å². The molecule has 1 saturated heterocycles. The minimum absolute atomic E-state index is 0.225. The first-order chi connectivity index (χ1) is 14.5. The Bertz CT molecular complexity index is 1190. The summed E-state index contributed by atoms with van der Waals surface area (Å²) in [5.74, 6) is 0.430. The SMILES string of the molecule is O=c1[nH]nc(Cc2ccc(F)c(P3(=O)CCN(CC4CC4)CC3)c2)c2ccccc12. The Morgan fingerprint density at radius 1 is 1.10 bits per heavy atom. The van der Waals surface area contributed by atoms with E-state index in [-0.39, 0.29) is 11.4 Å². The van der Waals surface area contributed by atoms with Gasteiger partial charge in [-0.1, -0.05) is 24.3 Å². The molecule has 1 aliphatic heterocycles. The fourth-order valence-corrected chi connectivity index (χ4v) is 7.18. The van der Waals surface area contributed by atoms with Crippen LogP contribution in [0.5, 0.6) is 0 Å². The molecule has 3 aromatic rings. The summed E-state index contributed by atoms with van der Waals surface area (Å²) in [4.78, 5) is 14.4. The van der Waals surface area contributed by atoms with Crippen molar-refractivity contribution in [1.82, 2.24) is 15.1 Å². The number of aromatic nitrogens is 2. The van der Waals surface area contributed by atoms with E-state index in [1.165, 1.54) is 18.9 Å². The molecule has 2 aliphatic rings. The van der Waals surface area contributed by atoms with E-state index in [1.54, 1.807) is 18.2 Å². The molecule has 1 saturated carbocycles. The molecule has 30 heavy (non-hydrogen) atoms. The van der Waals surface area contributed by atoms with Crippen LogP contribution in [-0.4, -0.2) is 47.1 Å². The normalized spacial score (nSPS) is 19.2. The molecule has 0 spiro atoms. The van der Waals surface area contributed by atoms with Crippen molar-refractivity contribution in [3.8, 4) is 0 Å². The molecule has 0 amide bonds. The maximum atomic E-state index is 14.7. The molecular weight excluding hydrogens is 400 g/mol. The van der Waals surface area contributed by atoms with Gasteiger partial charge in [-0.3, -0.25) is 4.79 Å². The Balaban J connectivity index is 1.41. The number of benzene rings is 2. The van der Waals surface area contributed by atoms with Crippen molar-refractivity contribution in [3.05, 3.63) is 69.9 Å². The third kappa shape index (κ3) is 3.86. The predicted molar refractivity (Wildman–Crippen MR) is 118 cm³/mol. The second-order valence-corrected chi connectivity index (χ2v) is 11.7. The van der Waals surface area contributed by atoms with E-state index < -0.39 is 7.14 Å². The third-order valence-electron chi connectivity index (χ3n) is 6.36. The maximum Gasteiger partial charge on any atom is 0.272 e. The van der Waals surface area contributed by atoms with Crippen molar-refractivity contribution in [1.29, 1.82) is 0 Å².